The van der Waals surface area contributed by atoms with E-state index < -0.39 is 144 Å². The van der Waals surface area contributed by atoms with Gasteiger partial charge in [-0.1, -0.05) is 0 Å². The number of amides is 5. The number of nitrogens with zero attached hydrogens (tertiary/aromatic N) is 8. The van der Waals surface area contributed by atoms with E-state index in [-0.39, 0.29) is 115 Å². The van der Waals surface area contributed by atoms with Gasteiger partial charge in [-0.05, 0) is 203 Å². The summed E-state index contributed by atoms with van der Waals surface area (Å²) >= 11 is 0. The Morgan fingerprint density at radius 1 is 0.236 bits per heavy atom. The number of nitrogens with one attached hydrogen (secondary N) is 5. The maximum atomic E-state index is 12.3. The second kappa shape index (κ2) is 44.4. The van der Waals surface area contributed by atoms with E-state index in [1.54, 1.807) is 0 Å². The SMILES string of the molecule is CC(=O)NC1CC(C)(C)N(O)C(C)(C)C1.CC(=O)NC1CC(C)(C)N(O)C(C)(C)C1.CC(=O)NC1CC(C)(C)N(O)C(C)(C)C1.CC(=O)NC1CC(C)(C)N(O)C(C)(C)C1.CC(=O)NC1CC(C)(C)N(O)C(C)(C)C1.O=P(O)(O)C(N(CCN(C(P(=O)(O)O)P(=O)(O)O)C(P(=O)(O)O)P(=O)(O)O)CCN(C(P(=O)(O)O)P(=O)(O)O)C(P(=O)(O)O)P(=O)(O)O)P(=O)(O)O. The zero-order valence-corrected chi connectivity index (χ0v) is 85.0. The van der Waals surface area contributed by atoms with Crippen molar-refractivity contribution in [2.45, 2.75) is 351 Å². The van der Waals surface area contributed by atoms with Gasteiger partial charge in [-0.15, -0.1) is 0 Å². The number of carbonyl (C=O) groups is 5. The summed E-state index contributed by atoms with van der Waals surface area (Å²) in [4.78, 5) is 245. The molecule has 0 saturated carbocycles. The maximum absolute atomic E-state index is 12.3. The van der Waals surface area contributed by atoms with Gasteiger partial charge >= 0.3 is 76.0 Å². The van der Waals surface area contributed by atoms with Crippen LogP contribution in [0.25, 0.3) is 0 Å². The Kier molecular flexibility index (Phi) is 43.8. The van der Waals surface area contributed by atoms with Crippen molar-refractivity contribution in [3.8, 4) is 0 Å². The van der Waals surface area contributed by atoms with E-state index >= 15 is 0 Å². The second-order valence-corrected chi connectivity index (χ2v) is 57.6. The molecule has 0 spiro atoms. The van der Waals surface area contributed by atoms with Crippen molar-refractivity contribution in [1.82, 2.24) is 66.6 Å². The summed E-state index contributed by atoms with van der Waals surface area (Å²) in [6, 6.07) is 0.745. The third kappa shape index (κ3) is 39.0. The second-order valence-electron chi connectivity index (χ2n) is 38.8. The number of carbonyl (C=O) groups excluding carboxylic acids is 5. The third-order valence-electron chi connectivity index (χ3n) is 21.0. The molecule has 5 aliphatic rings. The van der Waals surface area contributed by atoms with Crippen LogP contribution < -0.4 is 26.6 Å². The number of hydrogen-bond acceptors (Lipinski definition) is 28. The van der Waals surface area contributed by atoms with Gasteiger partial charge in [0.1, 0.15) is 0 Å². The van der Waals surface area contributed by atoms with E-state index in [1.165, 1.54) is 59.9 Å². The average Bonchev–Trinajstić information content (AvgIpc) is 0.750. The van der Waals surface area contributed by atoms with Crippen LogP contribution in [0.1, 0.15) is 237 Å². The standard InChI is InChI=1S/5C11H22N2O2.C9H33N3O30P10/c5*1-8(14)12-9-6-10(2,3)13(15)11(4,5)7-9;13-43(14,15)5(44(16,17)18)10(1-3-11(6(45(19,20)21)46(22,23)24)7(47(25,26)27)48(28,29)30)2-4-12(8(49(31,32)33)50(34,35)36)9(51(37,38)39)52(40,41)42/h5*9,15H,6-7H2,1-5H3,(H,12,14);5-9H,1-4H2,(H2,13,14,15)(H2,16,17,18)(H2,19,20,21)(H2,22,23,24)(H2,25,26,27)(H2,28,29,30)(H2,31,32,33)(H2,34,35,36)(H2,37,38,39)(H2,40,41,42). The highest BCUT2D eigenvalue weighted by Crippen LogP contribution is 2.71. The van der Waals surface area contributed by atoms with Crippen LogP contribution in [0.2, 0.25) is 0 Å². The highest BCUT2D eigenvalue weighted by atomic mass is 31.3. The van der Waals surface area contributed by atoms with Crippen molar-refractivity contribution < 1.29 is 194 Å². The average molecular weight is 2040 g/mol. The van der Waals surface area contributed by atoms with Crippen molar-refractivity contribution in [1.29, 1.82) is 0 Å². The quantitative estimate of drug-likeness (QED) is 0.0554. The van der Waals surface area contributed by atoms with Gasteiger partial charge in [0.2, 0.25) is 57.2 Å². The third-order valence-corrected chi connectivity index (χ3v) is 39.1. The molecule has 0 radical (unpaired) electrons. The molecule has 53 nitrogen and oxygen atoms in total. The van der Waals surface area contributed by atoms with Crippen molar-refractivity contribution in [3.63, 3.8) is 0 Å². The van der Waals surface area contributed by atoms with Crippen LogP contribution in [0.4, 0.5) is 0 Å². The fourth-order valence-electron chi connectivity index (χ4n) is 17.8. The van der Waals surface area contributed by atoms with E-state index in [9.17, 15) is 194 Å². The monoisotopic (exact) mass is 2040 g/mol. The van der Waals surface area contributed by atoms with Crippen LogP contribution >= 0.6 is 76.0 Å². The molecule has 5 saturated heterocycles. The molecule has 5 aliphatic heterocycles. The predicted molar refractivity (Wildman–Crippen MR) is 457 cm³/mol. The molecule has 127 heavy (non-hydrogen) atoms. The normalized spacial score (nSPS) is 22.0. The van der Waals surface area contributed by atoms with Gasteiger partial charge in [0.15, 0.2) is 0 Å². The molecular weight excluding hydrogens is 1900 g/mol. The summed E-state index contributed by atoms with van der Waals surface area (Å²) < 4.78 is 121. The molecule has 30 N–H and O–H groups in total. The molecule has 754 valence electrons. The summed E-state index contributed by atoms with van der Waals surface area (Å²) in [7, 11) is -66.1. The fourth-order valence-corrected chi connectivity index (χ4v) is 32.9. The van der Waals surface area contributed by atoms with E-state index in [2.05, 4.69) is 26.6 Å². The Hall–Kier alpha value is -1.67. The maximum Gasteiger partial charge on any atom is 0.355 e. The molecule has 0 unspecified atom stereocenters. The molecule has 0 aliphatic carbocycles. The first-order valence-corrected chi connectivity index (χ1v) is 55.8. The molecule has 5 rings (SSSR count). The first-order chi connectivity index (χ1) is 55.4. The summed E-state index contributed by atoms with van der Waals surface area (Å²) in [6.07, 6.45) is 7.70. The first kappa shape index (κ1) is 125. The fraction of sp³-hybridized carbons (Fsp3) is 0.922. The van der Waals surface area contributed by atoms with Gasteiger partial charge in [0.25, 0.3) is 0 Å². The van der Waals surface area contributed by atoms with Gasteiger partial charge in [-0.2, -0.15) is 25.3 Å². The van der Waals surface area contributed by atoms with Crippen molar-refractivity contribution in [3.05, 3.63) is 0 Å². The lowest BCUT2D eigenvalue weighted by atomic mass is 9.79. The minimum atomic E-state index is -6.63. The topological polar surface area (TPSA) is 848 Å². The van der Waals surface area contributed by atoms with E-state index in [0.29, 0.717) is 0 Å². The zero-order chi connectivity index (χ0) is 102. The number of hydroxylamine groups is 10. The van der Waals surface area contributed by atoms with Crippen LogP contribution in [0.3, 0.4) is 0 Å². The molecule has 5 fully saturated rings. The Bertz CT molecular complexity index is 3540. The minimum Gasteiger partial charge on any atom is -0.353 e. The van der Waals surface area contributed by atoms with Gasteiger partial charge in [0.05, 0.1) is 0 Å². The Labute approximate surface area is 739 Å². The Morgan fingerprint density at radius 3 is 0.425 bits per heavy atom. The molecule has 0 bridgehead atoms. The summed E-state index contributed by atoms with van der Waals surface area (Å²) in [5.74, 6) is -0.00931. The van der Waals surface area contributed by atoms with Gasteiger partial charge in [-0.3, -0.25) is 84.3 Å². The molecule has 0 aromatic heterocycles. The summed E-state index contributed by atoms with van der Waals surface area (Å²) in [5, 5.41) is 71.9. The van der Waals surface area contributed by atoms with Gasteiger partial charge < -0.3 is 150 Å². The van der Waals surface area contributed by atoms with E-state index in [1.807, 2.05) is 138 Å². The van der Waals surface area contributed by atoms with Crippen LogP contribution in [-0.4, -0.2) is 333 Å². The summed E-state index contributed by atoms with van der Waals surface area (Å²) in [5.41, 5.74) is -22.9. The van der Waals surface area contributed by atoms with Crippen LogP contribution in [0, 0.1) is 0 Å². The minimum absolute atomic E-state index is 0.00186. The van der Waals surface area contributed by atoms with Gasteiger partial charge in [0, 0.05) is 146 Å². The lowest BCUT2D eigenvalue weighted by Crippen LogP contribution is -2.62. The molecular formula is C64H143N13O40P10. The predicted octanol–water partition coefficient (Wildman–Crippen LogP) is 2.75. The molecule has 0 aromatic carbocycles. The lowest BCUT2D eigenvalue weighted by Gasteiger charge is -2.51. The van der Waals surface area contributed by atoms with Crippen LogP contribution in [0.15, 0.2) is 0 Å². The zero-order valence-electron chi connectivity index (χ0n) is 76.0. The number of hydrogen-bond donors (Lipinski definition) is 30. The molecule has 5 amide bonds. The van der Waals surface area contributed by atoms with Gasteiger partial charge in [-0.25, -0.2) is 0 Å². The van der Waals surface area contributed by atoms with Crippen LogP contribution in [-0.2, 0) is 69.6 Å². The Balaban J connectivity index is 0.00000170. The molecule has 63 heteroatoms. The van der Waals surface area contributed by atoms with Crippen molar-refractivity contribution >= 4 is 105 Å². The smallest absolute Gasteiger partial charge is 0.353 e. The highest BCUT2D eigenvalue weighted by molar-refractivity contribution is 7.73. The van der Waals surface area contributed by atoms with Crippen LogP contribution in [0.5, 0.6) is 0 Å². The molecule has 5 heterocycles. The lowest BCUT2D eigenvalue weighted by molar-refractivity contribution is -0.246. The van der Waals surface area contributed by atoms with Crippen molar-refractivity contribution in [2.75, 3.05) is 26.2 Å². The largest absolute Gasteiger partial charge is 0.355 e. The summed E-state index contributed by atoms with van der Waals surface area (Å²) in [6.45, 7) is 38.9. The molecule has 0 aromatic rings. The highest BCUT2D eigenvalue weighted by Gasteiger charge is 2.62. The van der Waals surface area contributed by atoms with E-state index in [4.69, 9.17) is 0 Å². The van der Waals surface area contributed by atoms with E-state index in [0.717, 1.165) is 64.2 Å². The molecule has 0 atom stereocenters. The first-order valence-electron chi connectivity index (χ1n) is 39.0. The van der Waals surface area contributed by atoms with Crippen molar-refractivity contribution in [2.24, 2.45) is 0 Å². The number of rotatable bonds is 26. The Morgan fingerprint density at radius 2 is 0.339 bits per heavy atom. The number of piperidine rings is 5.